The zero-order chi connectivity index (χ0) is 17.2. The summed E-state index contributed by atoms with van der Waals surface area (Å²) in [7, 11) is 0. The first-order valence-corrected chi connectivity index (χ1v) is 6.47. The van der Waals surface area contributed by atoms with Gasteiger partial charge in [0.05, 0.1) is 13.2 Å². The minimum Gasteiger partial charge on any atom is -0.394 e. The summed E-state index contributed by atoms with van der Waals surface area (Å²) in [5.41, 5.74) is -2.14. The summed E-state index contributed by atoms with van der Waals surface area (Å²) < 4.78 is 5.92. The number of aliphatic hydroxyl groups excluding tert-OH is 3. The summed E-state index contributed by atoms with van der Waals surface area (Å²) in [5.74, 6) is 3.82. The van der Waals surface area contributed by atoms with Crippen LogP contribution >= 0.6 is 0 Å². The average molecular weight is 332 g/mol. The molecule has 1 saturated heterocycles. The molecular weight excluding hydrogens is 316 g/mol. The maximum absolute atomic E-state index is 12.5. The number of nitrogens with two attached hydrogens (primary N) is 1. The number of hydrogen-bond donors (Lipinski definition) is 6. The third-order valence-corrected chi connectivity index (χ3v) is 3.51. The van der Waals surface area contributed by atoms with Gasteiger partial charge in [-0.2, -0.15) is 11.4 Å². The van der Waals surface area contributed by atoms with E-state index in [1.807, 2.05) is 10.5 Å². The molecule has 0 aromatic carbocycles. The minimum atomic E-state index is -2.38. The Labute approximate surface area is 128 Å². The van der Waals surface area contributed by atoms with Gasteiger partial charge in [0.25, 0.3) is 5.56 Å². The van der Waals surface area contributed by atoms with Crippen molar-refractivity contribution in [2.75, 3.05) is 13.2 Å². The van der Waals surface area contributed by atoms with E-state index < -0.39 is 54.2 Å². The van der Waals surface area contributed by atoms with Crippen molar-refractivity contribution in [2.24, 2.45) is 5.90 Å². The molecule has 23 heavy (non-hydrogen) atoms. The molecule has 1 fully saturated rings. The Balaban J connectivity index is 2.59. The van der Waals surface area contributed by atoms with Crippen LogP contribution in [0.4, 0.5) is 0 Å². The number of nitrogens with one attached hydrogen (secondary N) is 2. The van der Waals surface area contributed by atoms with Crippen LogP contribution in [0.2, 0.25) is 0 Å². The number of carbonyl (C=O) groups is 1. The van der Waals surface area contributed by atoms with Gasteiger partial charge in [-0.15, -0.1) is 0 Å². The molecular formula is C11H16N4O8. The van der Waals surface area contributed by atoms with Gasteiger partial charge in [0.15, 0.2) is 0 Å². The number of rotatable bonds is 6. The fraction of sp³-hybridized carbons (Fsp3) is 0.545. The first-order valence-electron chi connectivity index (χ1n) is 6.47. The molecule has 2 heterocycles. The molecule has 128 valence electrons. The molecule has 1 aromatic rings. The van der Waals surface area contributed by atoms with Crippen molar-refractivity contribution in [1.29, 1.82) is 0 Å². The Morgan fingerprint density at radius 1 is 1.52 bits per heavy atom. The Bertz CT molecular complexity index is 687. The van der Waals surface area contributed by atoms with Crippen molar-refractivity contribution in [3.05, 3.63) is 33.1 Å². The number of ether oxygens (including phenoxy) is 1. The Morgan fingerprint density at radius 3 is 2.74 bits per heavy atom. The van der Waals surface area contributed by atoms with Gasteiger partial charge >= 0.3 is 5.69 Å². The van der Waals surface area contributed by atoms with E-state index in [0.29, 0.717) is 4.57 Å². The lowest BCUT2D eigenvalue weighted by Crippen LogP contribution is -2.58. The van der Waals surface area contributed by atoms with E-state index in [1.165, 1.54) is 0 Å². The molecule has 0 radical (unpaired) electrons. The molecule has 2 rings (SSSR count). The van der Waals surface area contributed by atoms with Crippen LogP contribution in [0, 0.1) is 0 Å². The molecule has 12 heteroatoms. The molecule has 1 aromatic heterocycles. The predicted molar refractivity (Wildman–Crippen MR) is 71.6 cm³/mol. The van der Waals surface area contributed by atoms with Crippen molar-refractivity contribution >= 4 is 5.78 Å². The monoisotopic (exact) mass is 332 g/mol. The van der Waals surface area contributed by atoms with E-state index in [-0.39, 0.29) is 0 Å². The molecule has 0 bridgehead atoms. The first-order chi connectivity index (χ1) is 10.9. The van der Waals surface area contributed by atoms with Gasteiger partial charge in [0.2, 0.25) is 11.5 Å². The van der Waals surface area contributed by atoms with Crippen LogP contribution in [0.3, 0.4) is 0 Å². The standard InChI is InChI=1S/C11H16N4O8/c12-23-13-3-6(17)11(9(20)8(19)5(4-16)22-11)15-2-1-7(18)14-10(15)21/h1-2,5,8-9,13,16,19-20H,3-4,12H2,(H,14,18,21)/t5-,8-,9-,11-/m1/s1. The van der Waals surface area contributed by atoms with E-state index in [1.54, 1.807) is 0 Å². The summed E-state index contributed by atoms with van der Waals surface area (Å²) in [6, 6.07) is 0.929. The number of nitrogens with zero attached hydrogens (tertiary/aromatic N) is 1. The Morgan fingerprint density at radius 2 is 2.22 bits per heavy atom. The van der Waals surface area contributed by atoms with Crippen LogP contribution in [0.1, 0.15) is 0 Å². The van der Waals surface area contributed by atoms with Crippen molar-refractivity contribution in [3.63, 3.8) is 0 Å². The van der Waals surface area contributed by atoms with Crippen LogP contribution < -0.4 is 22.6 Å². The second-order valence-corrected chi connectivity index (χ2v) is 4.81. The molecule has 0 unspecified atom stereocenters. The summed E-state index contributed by atoms with van der Waals surface area (Å²) in [5, 5.41) is 29.4. The normalized spacial score (nSPS) is 30.5. The molecule has 12 nitrogen and oxygen atoms in total. The van der Waals surface area contributed by atoms with Crippen LogP contribution in [-0.4, -0.2) is 62.1 Å². The fourth-order valence-electron chi connectivity index (χ4n) is 2.43. The summed E-state index contributed by atoms with van der Waals surface area (Å²) in [6.45, 7) is -1.31. The van der Waals surface area contributed by atoms with Gasteiger partial charge in [-0.3, -0.25) is 19.1 Å². The Kier molecular flexibility index (Phi) is 5.06. The third kappa shape index (κ3) is 2.84. The summed E-state index contributed by atoms with van der Waals surface area (Å²) >= 11 is 0. The number of aromatic amines is 1. The number of hydrogen-bond acceptors (Lipinski definition) is 10. The Hall–Kier alpha value is -1.93. The van der Waals surface area contributed by atoms with Crippen molar-refractivity contribution in [2.45, 2.75) is 24.0 Å². The van der Waals surface area contributed by atoms with Crippen molar-refractivity contribution in [3.8, 4) is 0 Å². The van der Waals surface area contributed by atoms with E-state index in [0.717, 1.165) is 12.3 Å². The molecule has 1 aliphatic rings. The van der Waals surface area contributed by atoms with Gasteiger partial charge < -0.3 is 20.1 Å². The number of aromatic nitrogens is 2. The molecule has 0 saturated carbocycles. The quantitative estimate of drug-likeness (QED) is 0.276. The number of carbonyl (C=O) groups excluding carboxylic acids is 1. The van der Waals surface area contributed by atoms with Gasteiger partial charge in [-0.1, -0.05) is 0 Å². The molecule has 0 amide bonds. The molecule has 7 N–H and O–H groups in total. The highest BCUT2D eigenvalue weighted by Gasteiger charge is 2.60. The lowest BCUT2D eigenvalue weighted by atomic mass is 9.98. The van der Waals surface area contributed by atoms with Crippen molar-refractivity contribution in [1.82, 2.24) is 15.0 Å². The smallest absolute Gasteiger partial charge is 0.331 e. The predicted octanol–water partition coefficient (Wildman–Crippen LogP) is -4.73. The summed E-state index contributed by atoms with van der Waals surface area (Å²) in [6.07, 6.45) is -3.94. The van der Waals surface area contributed by atoms with E-state index in [2.05, 4.69) is 4.94 Å². The molecule has 0 aliphatic carbocycles. The van der Waals surface area contributed by atoms with Crippen LogP contribution in [-0.2, 0) is 20.2 Å². The number of ketones is 1. The van der Waals surface area contributed by atoms with E-state index in [4.69, 9.17) is 10.6 Å². The van der Waals surface area contributed by atoms with Gasteiger partial charge in [-0.25, -0.2) is 9.73 Å². The van der Waals surface area contributed by atoms with Crippen LogP contribution in [0.25, 0.3) is 0 Å². The second kappa shape index (κ2) is 6.67. The average Bonchev–Trinajstić information content (AvgIpc) is 2.78. The van der Waals surface area contributed by atoms with Crippen molar-refractivity contribution < 1.29 is 29.8 Å². The van der Waals surface area contributed by atoms with E-state index >= 15 is 0 Å². The largest absolute Gasteiger partial charge is 0.394 e. The molecule has 4 atom stereocenters. The zero-order valence-electron chi connectivity index (χ0n) is 11.7. The van der Waals surface area contributed by atoms with Gasteiger partial charge in [-0.05, 0) is 0 Å². The fourth-order valence-corrected chi connectivity index (χ4v) is 2.43. The second-order valence-electron chi connectivity index (χ2n) is 4.81. The maximum atomic E-state index is 12.5. The third-order valence-electron chi connectivity index (χ3n) is 3.51. The number of hydroxylamine groups is 1. The van der Waals surface area contributed by atoms with Gasteiger partial charge in [0.1, 0.15) is 18.3 Å². The first kappa shape index (κ1) is 17.4. The lowest BCUT2D eigenvalue weighted by Gasteiger charge is -2.32. The lowest BCUT2D eigenvalue weighted by molar-refractivity contribution is -0.177. The van der Waals surface area contributed by atoms with Crippen LogP contribution in [0.15, 0.2) is 21.9 Å². The molecule has 0 spiro atoms. The van der Waals surface area contributed by atoms with Gasteiger partial charge in [0, 0.05) is 12.3 Å². The number of aliphatic hydroxyl groups is 3. The number of Topliss-reactive ketones (excluding diaryl/α,β-unsaturated/α-hetero) is 1. The highest BCUT2D eigenvalue weighted by molar-refractivity contribution is 5.88. The minimum absolute atomic E-state index is 0.593. The van der Waals surface area contributed by atoms with Crippen LogP contribution in [0.5, 0.6) is 0 Å². The highest BCUT2D eigenvalue weighted by Crippen LogP contribution is 2.35. The number of H-pyrrole nitrogens is 1. The zero-order valence-corrected chi connectivity index (χ0v) is 11.7. The summed E-state index contributed by atoms with van der Waals surface area (Å²) in [4.78, 5) is 41.6. The maximum Gasteiger partial charge on any atom is 0.331 e. The SMILES string of the molecule is NONCC(=O)[C@@]1(n2ccc(=O)[nH]c2=O)O[C@H](CO)[C@@H](O)[C@H]1O. The highest BCUT2D eigenvalue weighted by atomic mass is 16.8. The van der Waals surface area contributed by atoms with E-state index in [9.17, 15) is 29.7 Å². The topological polar surface area (TPSA) is 189 Å². The molecule has 1 aliphatic heterocycles.